The van der Waals surface area contributed by atoms with Crippen LogP contribution in [0.3, 0.4) is 0 Å². The normalized spacial score (nSPS) is 11.5. The van der Waals surface area contributed by atoms with Gasteiger partial charge in [0.25, 0.3) is 11.8 Å². The van der Waals surface area contributed by atoms with Crippen molar-refractivity contribution >= 4 is 55.9 Å². The number of carbonyl (C=O) groups excluding carboxylic acids is 2. The summed E-state index contributed by atoms with van der Waals surface area (Å²) in [6, 6.07) is 14.6. The molecule has 0 fully saturated rings. The third-order valence-electron chi connectivity index (χ3n) is 4.52. The van der Waals surface area contributed by atoms with Gasteiger partial charge in [0.15, 0.2) is 0 Å². The van der Waals surface area contributed by atoms with Gasteiger partial charge in [0.05, 0.1) is 16.3 Å². The zero-order chi connectivity index (χ0) is 21.5. The molecule has 0 aliphatic rings. The predicted molar refractivity (Wildman–Crippen MR) is 117 cm³/mol. The van der Waals surface area contributed by atoms with Crippen LogP contribution in [0.15, 0.2) is 60.0 Å². The molecule has 5 N–H and O–H groups in total. The number of hydrogen-bond acceptors (Lipinski definition) is 5. The Balaban J connectivity index is 1.63. The molecule has 0 aliphatic heterocycles. The smallest absolute Gasteiger partial charge is 0.349 e. The molecule has 30 heavy (non-hydrogen) atoms. The van der Waals surface area contributed by atoms with Crippen LogP contribution in [0.25, 0.3) is 20.5 Å². The lowest BCUT2D eigenvalue weighted by atomic mass is 10.1. The number of benzene rings is 2. The van der Waals surface area contributed by atoms with E-state index in [2.05, 4.69) is 5.32 Å². The molecular formula is C21H15F2N3O2S2. The van der Waals surface area contributed by atoms with Gasteiger partial charge in [0, 0.05) is 15.1 Å². The van der Waals surface area contributed by atoms with Gasteiger partial charge in [-0.2, -0.15) is 8.78 Å². The van der Waals surface area contributed by atoms with E-state index in [4.69, 9.17) is 11.5 Å². The van der Waals surface area contributed by atoms with Crippen molar-refractivity contribution in [3.05, 3.63) is 70.4 Å². The molecule has 0 aliphatic carbocycles. The summed E-state index contributed by atoms with van der Waals surface area (Å²) in [6.07, 6.45) is 0. The van der Waals surface area contributed by atoms with Crippen molar-refractivity contribution in [2.24, 2.45) is 5.73 Å². The van der Waals surface area contributed by atoms with E-state index in [9.17, 15) is 18.4 Å². The van der Waals surface area contributed by atoms with Crippen LogP contribution in [0.4, 0.5) is 20.2 Å². The fourth-order valence-corrected chi connectivity index (χ4v) is 4.65. The molecule has 0 radical (unpaired) electrons. The van der Waals surface area contributed by atoms with Crippen molar-refractivity contribution < 1.29 is 18.4 Å². The van der Waals surface area contributed by atoms with Gasteiger partial charge < -0.3 is 16.8 Å². The van der Waals surface area contributed by atoms with E-state index in [0.717, 1.165) is 27.8 Å². The van der Waals surface area contributed by atoms with E-state index >= 15 is 0 Å². The highest BCUT2D eigenvalue weighted by Crippen LogP contribution is 2.35. The Bertz CT molecular complexity index is 1270. The van der Waals surface area contributed by atoms with Crippen LogP contribution in [0.5, 0.6) is 0 Å². The second-order valence-corrected chi connectivity index (χ2v) is 8.57. The number of nitrogens with one attached hydrogen (secondary N) is 1. The van der Waals surface area contributed by atoms with E-state index in [0.29, 0.717) is 26.3 Å². The molecule has 2 aromatic carbocycles. The maximum Gasteiger partial charge on any atom is 0.349 e. The monoisotopic (exact) mass is 443 g/mol. The Kier molecular flexibility index (Phi) is 5.00. The quantitative estimate of drug-likeness (QED) is 0.377. The maximum atomic E-state index is 13.9. The topological polar surface area (TPSA) is 98.2 Å². The Hall–Kier alpha value is -3.30. The number of carbonyl (C=O) groups is 2. The Morgan fingerprint density at radius 3 is 2.53 bits per heavy atom. The number of primary amides is 1. The molecule has 2 aromatic heterocycles. The Morgan fingerprint density at radius 2 is 1.83 bits per heavy atom. The van der Waals surface area contributed by atoms with Crippen LogP contribution in [-0.2, 0) is 10.7 Å². The van der Waals surface area contributed by atoms with Gasteiger partial charge in [-0.05, 0) is 46.7 Å². The number of hydrogen-bond donors (Lipinski definition) is 3. The molecule has 0 bridgehead atoms. The average molecular weight is 444 g/mol. The second kappa shape index (κ2) is 7.51. The minimum Gasteiger partial charge on any atom is -0.397 e. The van der Waals surface area contributed by atoms with E-state index in [-0.39, 0.29) is 0 Å². The number of anilines is 2. The third-order valence-corrected chi connectivity index (χ3v) is 6.54. The van der Waals surface area contributed by atoms with Crippen molar-refractivity contribution in [2.45, 2.75) is 5.92 Å². The molecule has 4 rings (SSSR count). The number of amides is 2. The van der Waals surface area contributed by atoms with Crippen LogP contribution < -0.4 is 16.8 Å². The van der Waals surface area contributed by atoms with E-state index in [1.165, 1.54) is 12.1 Å². The van der Waals surface area contributed by atoms with Gasteiger partial charge in [-0.3, -0.25) is 9.59 Å². The van der Waals surface area contributed by atoms with Gasteiger partial charge in [-0.15, -0.1) is 22.7 Å². The summed E-state index contributed by atoms with van der Waals surface area (Å²) >= 11 is 2.61. The predicted octanol–water partition coefficient (Wildman–Crippen LogP) is 5.04. The van der Waals surface area contributed by atoms with E-state index in [1.807, 2.05) is 23.6 Å². The number of rotatable bonds is 5. The van der Waals surface area contributed by atoms with Crippen molar-refractivity contribution in [2.75, 3.05) is 11.1 Å². The third kappa shape index (κ3) is 3.64. The summed E-state index contributed by atoms with van der Waals surface area (Å²) in [7, 11) is 0. The number of nitrogens with two attached hydrogens (primary N) is 2. The largest absolute Gasteiger partial charge is 0.397 e. The van der Waals surface area contributed by atoms with Crippen molar-refractivity contribution in [1.29, 1.82) is 0 Å². The molecule has 0 atom stereocenters. The first-order chi connectivity index (χ1) is 14.3. The Morgan fingerprint density at radius 1 is 1.03 bits per heavy atom. The summed E-state index contributed by atoms with van der Waals surface area (Å²) in [4.78, 5) is 25.1. The van der Waals surface area contributed by atoms with Gasteiger partial charge in [-0.1, -0.05) is 24.3 Å². The highest BCUT2D eigenvalue weighted by Gasteiger charge is 2.39. The number of alkyl halides is 2. The standard InChI is InChI=1S/C21H15F2N3O2S2/c22-21(23,20(25)28)13-5-3-12-9-18(30-17(12)10-13)19(27)26-15-8-11(4-6-14(15)24)16-2-1-7-29-16/h1-10H,24H2,(H2,25,28)(H,26,27). The van der Waals surface area contributed by atoms with Crippen LogP contribution in [0.1, 0.15) is 15.2 Å². The van der Waals surface area contributed by atoms with Crippen molar-refractivity contribution in [3.8, 4) is 10.4 Å². The number of halogens is 2. The number of thiophene rings is 2. The maximum absolute atomic E-state index is 13.9. The molecule has 0 saturated carbocycles. The zero-order valence-corrected chi connectivity index (χ0v) is 17.0. The second-order valence-electron chi connectivity index (χ2n) is 6.54. The lowest BCUT2D eigenvalue weighted by Crippen LogP contribution is -2.32. The molecule has 0 spiro atoms. The number of nitrogen functional groups attached to an aromatic ring is 1. The molecule has 152 valence electrons. The molecule has 5 nitrogen and oxygen atoms in total. The van der Waals surface area contributed by atoms with Crippen LogP contribution in [0.2, 0.25) is 0 Å². The first-order valence-electron chi connectivity index (χ1n) is 8.72. The first-order valence-corrected chi connectivity index (χ1v) is 10.4. The van der Waals surface area contributed by atoms with Crippen LogP contribution >= 0.6 is 22.7 Å². The average Bonchev–Trinajstić information content (AvgIpc) is 3.38. The summed E-state index contributed by atoms with van der Waals surface area (Å²) in [5.41, 5.74) is 12.1. The summed E-state index contributed by atoms with van der Waals surface area (Å²) in [5.74, 6) is -5.91. The van der Waals surface area contributed by atoms with Crippen molar-refractivity contribution in [1.82, 2.24) is 0 Å². The fourth-order valence-electron chi connectivity index (χ4n) is 2.93. The molecular weight excluding hydrogens is 428 g/mol. The fraction of sp³-hybridized carbons (Fsp3) is 0.0476. The molecule has 0 unspecified atom stereocenters. The van der Waals surface area contributed by atoms with Crippen LogP contribution in [-0.4, -0.2) is 11.8 Å². The van der Waals surface area contributed by atoms with Gasteiger partial charge in [0.1, 0.15) is 0 Å². The van der Waals surface area contributed by atoms with Gasteiger partial charge in [0.2, 0.25) is 0 Å². The van der Waals surface area contributed by atoms with Gasteiger partial charge >= 0.3 is 5.92 Å². The lowest BCUT2D eigenvalue weighted by Gasteiger charge is -2.12. The molecule has 0 saturated heterocycles. The minimum absolute atomic E-state index is 0.325. The minimum atomic E-state index is -3.78. The molecule has 2 amide bonds. The number of fused-ring (bicyclic) bond motifs is 1. The highest BCUT2D eigenvalue weighted by molar-refractivity contribution is 7.21. The van der Waals surface area contributed by atoms with E-state index < -0.39 is 23.3 Å². The zero-order valence-electron chi connectivity index (χ0n) is 15.3. The summed E-state index contributed by atoms with van der Waals surface area (Å²) < 4.78 is 28.2. The summed E-state index contributed by atoms with van der Waals surface area (Å²) in [6.45, 7) is 0. The van der Waals surface area contributed by atoms with E-state index in [1.54, 1.807) is 29.5 Å². The van der Waals surface area contributed by atoms with Crippen molar-refractivity contribution in [3.63, 3.8) is 0 Å². The molecule has 4 aromatic rings. The summed E-state index contributed by atoms with van der Waals surface area (Å²) in [5, 5.41) is 5.34. The SMILES string of the molecule is NC(=O)C(F)(F)c1ccc2cc(C(=O)Nc3cc(-c4cccs4)ccc3N)sc2c1. The highest BCUT2D eigenvalue weighted by atomic mass is 32.1. The van der Waals surface area contributed by atoms with Gasteiger partial charge in [-0.25, -0.2) is 0 Å². The molecule has 2 heterocycles. The molecule has 9 heteroatoms. The Labute approximate surface area is 177 Å². The first kappa shape index (κ1) is 20.0. The lowest BCUT2D eigenvalue weighted by molar-refractivity contribution is -0.143. The van der Waals surface area contributed by atoms with Crippen LogP contribution in [0, 0.1) is 0 Å².